The van der Waals surface area contributed by atoms with E-state index in [1.807, 2.05) is 18.2 Å². The van der Waals surface area contributed by atoms with Gasteiger partial charge in [0, 0.05) is 6.42 Å². The number of halogens is 1. The van der Waals surface area contributed by atoms with Gasteiger partial charge in [0.25, 0.3) is 0 Å². The fourth-order valence-electron chi connectivity index (χ4n) is 1.35. The molecule has 14 heavy (non-hydrogen) atoms. The maximum Gasteiger partial charge on any atom is 0.161 e. The average molecular weight is 258 g/mol. The normalized spacial score (nSPS) is 17.3. The summed E-state index contributed by atoms with van der Waals surface area (Å²) in [6.07, 6.45) is 0.921. The van der Waals surface area contributed by atoms with Crippen LogP contribution in [0.25, 0.3) is 0 Å². The summed E-state index contributed by atoms with van der Waals surface area (Å²) in [6, 6.07) is 5.75. The maximum atomic E-state index is 5.71. The molecule has 0 aromatic heterocycles. The van der Waals surface area contributed by atoms with Gasteiger partial charge in [-0.05, 0) is 17.7 Å². The molecule has 2 N–H and O–H groups in total. The molecule has 4 heteroatoms. The number of benzene rings is 1. The van der Waals surface area contributed by atoms with Gasteiger partial charge in [0.1, 0.15) is 0 Å². The molecule has 0 radical (unpaired) electrons. The van der Waals surface area contributed by atoms with Crippen molar-refractivity contribution in [2.45, 2.75) is 11.4 Å². The van der Waals surface area contributed by atoms with Gasteiger partial charge in [0.05, 0.1) is 18.2 Å². The highest BCUT2D eigenvalue weighted by Gasteiger charge is 2.12. The van der Waals surface area contributed by atoms with Crippen LogP contribution < -0.4 is 15.2 Å². The molecular weight excluding hydrogens is 246 g/mol. The Morgan fingerprint density at radius 2 is 1.93 bits per heavy atom. The van der Waals surface area contributed by atoms with Crippen LogP contribution in [0.4, 0.5) is 0 Å². The highest BCUT2D eigenvalue weighted by molar-refractivity contribution is 9.09. The molecule has 0 aliphatic carbocycles. The van der Waals surface area contributed by atoms with Crippen LogP contribution in [0, 0.1) is 0 Å². The van der Waals surface area contributed by atoms with Crippen LogP contribution in [0.15, 0.2) is 18.2 Å². The minimum Gasteiger partial charge on any atom is -0.490 e. The van der Waals surface area contributed by atoms with Gasteiger partial charge in [-0.2, -0.15) is 0 Å². The van der Waals surface area contributed by atoms with Crippen LogP contribution in [0.2, 0.25) is 0 Å². The van der Waals surface area contributed by atoms with E-state index in [1.165, 1.54) is 0 Å². The minimum absolute atomic E-state index is 0.153. The summed E-state index contributed by atoms with van der Waals surface area (Å²) in [4.78, 5) is -0.153. The Morgan fingerprint density at radius 3 is 2.64 bits per heavy atom. The summed E-state index contributed by atoms with van der Waals surface area (Å²) in [7, 11) is 0. The molecule has 0 fully saturated rings. The average Bonchev–Trinajstić information content (AvgIpc) is 2.41. The van der Waals surface area contributed by atoms with Crippen molar-refractivity contribution in [1.82, 2.24) is 0 Å². The van der Waals surface area contributed by atoms with Gasteiger partial charge in [0.15, 0.2) is 11.5 Å². The minimum atomic E-state index is -0.153. The van der Waals surface area contributed by atoms with Gasteiger partial charge in [-0.3, -0.25) is 0 Å². The number of fused-ring (bicyclic) bond motifs is 1. The quantitative estimate of drug-likeness (QED) is 0.620. The van der Waals surface area contributed by atoms with E-state index in [2.05, 4.69) is 15.9 Å². The van der Waals surface area contributed by atoms with Crippen molar-refractivity contribution in [3.63, 3.8) is 0 Å². The lowest BCUT2D eigenvalue weighted by atomic mass is 10.2. The highest BCUT2D eigenvalue weighted by Crippen LogP contribution is 2.32. The monoisotopic (exact) mass is 257 g/mol. The lowest BCUT2D eigenvalue weighted by molar-refractivity contribution is 0.297. The molecule has 0 spiro atoms. The summed E-state index contributed by atoms with van der Waals surface area (Å²) in [5.41, 5.74) is 6.70. The van der Waals surface area contributed by atoms with Gasteiger partial charge >= 0.3 is 0 Å². The summed E-state index contributed by atoms with van der Waals surface area (Å²) in [5, 5.41) is 0. The molecule has 3 nitrogen and oxygen atoms in total. The van der Waals surface area contributed by atoms with Crippen LogP contribution in [0.5, 0.6) is 11.5 Å². The highest BCUT2D eigenvalue weighted by atomic mass is 79.9. The zero-order chi connectivity index (χ0) is 9.97. The predicted octanol–water partition coefficient (Wildman–Crippen LogP) is 2.20. The largest absolute Gasteiger partial charge is 0.490 e. The van der Waals surface area contributed by atoms with E-state index in [0.29, 0.717) is 13.2 Å². The Labute approximate surface area is 91.3 Å². The van der Waals surface area contributed by atoms with E-state index < -0.39 is 0 Å². The molecule has 0 amide bonds. The van der Waals surface area contributed by atoms with E-state index in [0.717, 1.165) is 23.5 Å². The molecule has 1 heterocycles. The Hall–Kier alpha value is -0.740. The molecule has 76 valence electrons. The van der Waals surface area contributed by atoms with E-state index in [1.54, 1.807) is 0 Å². The number of rotatable bonds is 1. The third-order valence-corrected chi connectivity index (χ3v) is 2.62. The van der Waals surface area contributed by atoms with Crippen LogP contribution in [-0.4, -0.2) is 13.2 Å². The Kier molecular flexibility index (Phi) is 2.93. The van der Waals surface area contributed by atoms with Gasteiger partial charge in [-0.25, -0.2) is 0 Å². The number of nitrogens with two attached hydrogens (primary N) is 1. The van der Waals surface area contributed by atoms with Crippen molar-refractivity contribution in [1.29, 1.82) is 0 Å². The first-order valence-electron chi connectivity index (χ1n) is 4.56. The Morgan fingerprint density at radius 1 is 1.21 bits per heavy atom. The van der Waals surface area contributed by atoms with Crippen molar-refractivity contribution in [3.05, 3.63) is 23.8 Å². The number of hydrogen-bond donors (Lipinski definition) is 1. The van der Waals surface area contributed by atoms with Crippen molar-refractivity contribution in [2.24, 2.45) is 5.73 Å². The molecule has 0 bridgehead atoms. The van der Waals surface area contributed by atoms with Crippen LogP contribution >= 0.6 is 15.9 Å². The number of hydrogen-bond acceptors (Lipinski definition) is 3. The Bertz CT molecular complexity index is 328. The topological polar surface area (TPSA) is 44.5 Å². The molecule has 2 rings (SSSR count). The van der Waals surface area contributed by atoms with Crippen LogP contribution in [-0.2, 0) is 0 Å². The molecule has 0 saturated carbocycles. The zero-order valence-corrected chi connectivity index (χ0v) is 9.29. The summed E-state index contributed by atoms with van der Waals surface area (Å²) in [5.74, 6) is 1.59. The van der Waals surface area contributed by atoms with Crippen molar-refractivity contribution in [2.75, 3.05) is 13.2 Å². The van der Waals surface area contributed by atoms with Crippen molar-refractivity contribution >= 4 is 15.9 Å². The molecule has 1 aliphatic heterocycles. The third kappa shape index (κ3) is 2.01. The Balaban J connectivity index is 2.32. The first-order chi connectivity index (χ1) is 6.77. The molecule has 1 aliphatic rings. The second-order valence-corrected chi connectivity index (χ2v) is 4.14. The van der Waals surface area contributed by atoms with Gasteiger partial charge in [-0.1, -0.05) is 22.0 Å². The van der Waals surface area contributed by atoms with E-state index in [-0.39, 0.29) is 4.95 Å². The first-order valence-corrected chi connectivity index (χ1v) is 5.48. The fourth-order valence-corrected chi connectivity index (χ4v) is 1.64. The third-order valence-electron chi connectivity index (χ3n) is 2.09. The zero-order valence-electron chi connectivity index (χ0n) is 7.70. The molecule has 0 saturated heterocycles. The number of alkyl halides is 1. The summed E-state index contributed by atoms with van der Waals surface area (Å²) in [6.45, 7) is 1.42. The van der Waals surface area contributed by atoms with Crippen molar-refractivity contribution < 1.29 is 9.47 Å². The second kappa shape index (κ2) is 4.19. The predicted molar refractivity (Wildman–Crippen MR) is 57.9 cm³/mol. The van der Waals surface area contributed by atoms with Crippen molar-refractivity contribution in [3.8, 4) is 11.5 Å². The van der Waals surface area contributed by atoms with E-state index in [9.17, 15) is 0 Å². The number of ether oxygens (including phenoxy) is 2. The second-order valence-electron chi connectivity index (χ2n) is 3.16. The SMILES string of the molecule is NC(Br)c1ccc2c(c1)OCCCO2. The lowest BCUT2D eigenvalue weighted by Gasteiger charge is -2.10. The van der Waals surface area contributed by atoms with Gasteiger partial charge < -0.3 is 15.2 Å². The molecular formula is C10H12BrNO2. The van der Waals surface area contributed by atoms with E-state index >= 15 is 0 Å². The van der Waals surface area contributed by atoms with E-state index in [4.69, 9.17) is 15.2 Å². The smallest absolute Gasteiger partial charge is 0.161 e. The maximum absolute atomic E-state index is 5.71. The van der Waals surface area contributed by atoms with Crippen LogP contribution in [0.1, 0.15) is 16.9 Å². The summed E-state index contributed by atoms with van der Waals surface area (Å²) >= 11 is 3.31. The van der Waals surface area contributed by atoms with Gasteiger partial charge in [0.2, 0.25) is 0 Å². The lowest BCUT2D eigenvalue weighted by Crippen LogP contribution is -2.02. The van der Waals surface area contributed by atoms with Gasteiger partial charge in [-0.15, -0.1) is 0 Å². The fraction of sp³-hybridized carbons (Fsp3) is 0.400. The molecule has 1 aromatic carbocycles. The first kappa shape index (κ1) is 9.80. The molecule has 1 atom stereocenters. The standard InChI is InChI=1S/C10H12BrNO2/c11-10(12)7-2-3-8-9(6-7)14-5-1-4-13-8/h2-3,6,10H,1,4-5,12H2. The summed E-state index contributed by atoms with van der Waals surface area (Å²) < 4.78 is 11.0. The van der Waals surface area contributed by atoms with Crippen LogP contribution in [0.3, 0.4) is 0 Å². The molecule has 1 aromatic rings. The molecule has 1 unspecified atom stereocenters.